The summed E-state index contributed by atoms with van der Waals surface area (Å²) in [7, 11) is 0. The highest BCUT2D eigenvalue weighted by atomic mass is 16.3. The number of benzene rings is 2. The second-order valence-electron chi connectivity index (χ2n) is 9.36. The lowest BCUT2D eigenvalue weighted by molar-refractivity contribution is -0.130. The van der Waals surface area contributed by atoms with Gasteiger partial charge in [0.25, 0.3) is 0 Å². The number of aliphatic hydroxyl groups excluding tert-OH is 1. The molecule has 1 fully saturated rings. The van der Waals surface area contributed by atoms with Crippen LogP contribution in [0.1, 0.15) is 29.7 Å². The largest absolute Gasteiger partial charge is 0.508 e. The van der Waals surface area contributed by atoms with E-state index in [-0.39, 0.29) is 30.0 Å². The summed E-state index contributed by atoms with van der Waals surface area (Å²) in [5.74, 6) is 0.918. The minimum atomic E-state index is -0.854. The summed E-state index contributed by atoms with van der Waals surface area (Å²) in [4.78, 5) is 21.5. The number of carbonyl (C=O) groups excluding carboxylic acids is 1. The molecule has 1 aliphatic rings. The number of aromatic nitrogens is 1. The lowest BCUT2D eigenvalue weighted by atomic mass is 10.0. The second-order valence-corrected chi connectivity index (χ2v) is 9.36. The molecule has 4 rings (SSSR count). The number of piperazine rings is 1. The molecule has 0 spiro atoms. The minimum absolute atomic E-state index is 0.0798. The predicted octanol–water partition coefficient (Wildman–Crippen LogP) is 2.64. The highest BCUT2D eigenvalue weighted by Gasteiger charge is 2.22. The fraction of sp³-hybridized carbons (Fsp3) is 0.357. The number of nitrogens with zero attached hydrogens (tertiary/aromatic N) is 3. The molecule has 0 radical (unpaired) electrons. The van der Waals surface area contributed by atoms with Crippen molar-refractivity contribution in [3.63, 3.8) is 0 Å². The van der Waals surface area contributed by atoms with Gasteiger partial charge in [-0.15, -0.1) is 0 Å². The van der Waals surface area contributed by atoms with Crippen molar-refractivity contribution in [2.45, 2.75) is 31.9 Å². The summed E-state index contributed by atoms with van der Waals surface area (Å²) < 4.78 is 0. The molecule has 0 bridgehead atoms. The van der Waals surface area contributed by atoms with E-state index in [4.69, 9.17) is 0 Å². The normalized spacial score (nSPS) is 15.5. The van der Waals surface area contributed by atoms with Crippen LogP contribution in [0.3, 0.4) is 0 Å². The van der Waals surface area contributed by atoms with Crippen LogP contribution < -0.4 is 10.2 Å². The highest BCUT2D eigenvalue weighted by molar-refractivity contribution is 5.79. The molecule has 36 heavy (non-hydrogen) atoms. The van der Waals surface area contributed by atoms with Crippen molar-refractivity contribution in [3.8, 4) is 11.5 Å². The molecule has 2 aromatic carbocycles. The molecular weight excluding hydrogens is 456 g/mol. The Balaban J connectivity index is 1.25. The van der Waals surface area contributed by atoms with Crippen LogP contribution in [0.2, 0.25) is 0 Å². The van der Waals surface area contributed by atoms with Crippen LogP contribution in [0.15, 0.2) is 66.9 Å². The SMILES string of the molecule is CC(Cc1cccc(CC(=O)N2CCN(c3ccccn3)CC2)c1)NCC(O)c1cc(O)cc(O)c1. The summed E-state index contributed by atoms with van der Waals surface area (Å²) >= 11 is 0. The van der Waals surface area contributed by atoms with E-state index >= 15 is 0 Å². The summed E-state index contributed by atoms with van der Waals surface area (Å²) in [5.41, 5.74) is 2.56. The smallest absolute Gasteiger partial charge is 0.227 e. The molecule has 1 aromatic heterocycles. The van der Waals surface area contributed by atoms with E-state index in [0.717, 1.165) is 36.5 Å². The van der Waals surface area contributed by atoms with E-state index in [1.807, 2.05) is 48.2 Å². The number of amides is 1. The first-order chi connectivity index (χ1) is 17.4. The van der Waals surface area contributed by atoms with Crippen molar-refractivity contribution in [1.29, 1.82) is 0 Å². The van der Waals surface area contributed by atoms with E-state index in [2.05, 4.69) is 21.3 Å². The topological polar surface area (TPSA) is 109 Å². The standard InChI is InChI=1S/C28H34N4O4/c1-20(30-19-26(35)23-16-24(33)18-25(34)17-23)13-21-5-4-6-22(14-21)15-28(36)32-11-9-31(10-12-32)27-7-2-3-8-29-27/h2-8,14,16-18,20,26,30,33-35H,9-13,15,19H2,1H3. The van der Waals surface area contributed by atoms with Gasteiger partial charge < -0.3 is 30.4 Å². The number of anilines is 1. The second kappa shape index (κ2) is 11.9. The molecule has 8 heteroatoms. The molecule has 3 aromatic rings. The summed E-state index contributed by atoms with van der Waals surface area (Å²) in [6.45, 7) is 5.25. The molecule has 0 aliphatic carbocycles. The average molecular weight is 491 g/mol. The van der Waals surface area contributed by atoms with Gasteiger partial charge in [-0.05, 0) is 54.3 Å². The lowest BCUT2D eigenvalue weighted by Gasteiger charge is -2.35. The lowest BCUT2D eigenvalue weighted by Crippen LogP contribution is -2.49. The number of carbonyl (C=O) groups is 1. The molecule has 2 heterocycles. The van der Waals surface area contributed by atoms with Gasteiger partial charge in [0.1, 0.15) is 17.3 Å². The first kappa shape index (κ1) is 25.5. The predicted molar refractivity (Wildman–Crippen MR) is 139 cm³/mol. The zero-order valence-corrected chi connectivity index (χ0v) is 20.5. The highest BCUT2D eigenvalue weighted by Crippen LogP contribution is 2.24. The number of rotatable bonds is 9. The summed E-state index contributed by atoms with van der Waals surface area (Å²) in [5, 5.41) is 32.9. The molecule has 8 nitrogen and oxygen atoms in total. The number of nitrogens with one attached hydrogen (secondary N) is 1. The number of pyridine rings is 1. The maximum atomic E-state index is 12.9. The van der Waals surface area contributed by atoms with Crippen LogP contribution in [0.4, 0.5) is 5.82 Å². The molecule has 190 valence electrons. The Kier molecular flexibility index (Phi) is 8.40. The Labute approximate surface area is 211 Å². The van der Waals surface area contributed by atoms with Gasteiger partial charge in [-0.3, -0.25) is 4.79 Å². The monoisotopic (exact) mass is 490 g/mol. The van der Waals surface area contributed by atoms with Gasteiger partial charge in [0, 0.05) is 51.0 Å². The number of phenols is 2. The van der Waals surface area contributed by atoms with Gasteiger partial charge in [-0.1, -0.05) is 30.3 Å². The Hall–Kier alpha value is -3.62. The molecule has 0 saturated carbocycles. The van der Waals surface area contributed by atoms with E-state index in [0.29, 0.717) is 25.1 Å². The van der Waals surface area contributed by atoms with Crippen molar-refractivity contribution in [3.05, 3.63) is 83.6 Å². The van der Waals surface area contributed by atoms with Crippen LogP contribution >= 0.6 is 0 Å². The first-order valence-electron chi connectivity index (χ1n) is 12.3. The van der Waals surface area contributed by atoms with Crippen LogP contribution in [0, 0.1) is 0 Å². The van der Waals surface area contributed by atoms with E-state index < -0.39 is 6.10 Å². The van der Waals surface area contributed by atoms with E-state index in [9.17, 15) is 20.1 Å². The fourth-order valence-electron chi connectivity index (χ4n) is 4.55. The first-order valence-corrected chi connectivity index (χ1v) is 12.3. The van der Waals surface area contributed by atoms with Gasteiger partial charge in [-0.2, -0.15) is 0 Å². The Morgan fingerprint density at radius 3 is 2.39 bits per heavy atom. The van der Waals surface area contributed by atoms with Crippen LogP contribution in [0.25, 0.3) is 0 Å². The zero-order valence-electron chi connectivity index (χ0n) is 20.5. The molecule has 1 amide bonds. The minimum Gasteiger partial charge on any atom is -0.508 e. The van der Waals surface area contributed by atoms with Crippen LogP contribution in [-0.2, 0) is 17.6 Å². The number of hydrogen-bond acceptors (Lipinski definition) is 7. The van der Waals surface area contributed by atoms with Gasteiger partial charge in [-0.25, -0.2) is 4.98 Å². The van der Waals surface area contributed by atoms with Crippen LogP contribution in [-0.4, -0.2) is 69.9 Å². The molecular formula is C28H34N4O4. The third-order valence-electron chi connectivity index (χ3n) is 6.46. The van der Waals surface area contributed by atoms with Crippen molar-refractivity contribution >= 4 is 11.7 Å². The molecule has 1 aliphatic heterocycles. The van der Waals surface area contributed by atoms with Gasteiger partial charge in [0.05, 0.1) is 12.5 Å². The fourth-order valence-corrected chi connectivity index (χ4v) is 4.55. The third kappa shape index (κ3) is 6.96. The Morgan fingerprint density at radius 2 is 1.69 bits per heavy atom. The van der Waals surface area contributed by atoms with Crippen molar-refractivity contribution in [2.24, 2.45) is 0 Å². The summed E-state index contributed by atoms with van der Waals surface area (Å²) in [6.07, 6.45) is 2.05. The Morgan fingerprint density at radius 1 is 0.972 bits per heavy atom. The van der Waals surface area contributed by atoms with Crippen molar-refractivity contribution < 1.29 is 20.1 Å². The summed E-state index contributed by atoms with van der Waals surface area (Å²) in [6, 6.07) is 18.2. The molecule has 2 atom stereocenters. The van der Waals surface area contributed by atoms with Gasteiger partial charge >= 0.3 is 0 Å². The van der Waals surface area contributed by atoms with E-state index in [1.165, 1.54) is 18.2 Å². The van der Waals surface area contributed by atoms with Gasteiger partial charge in [0.2, 0.25) is 5.91 Å². The number of aliphatic hydroxyl groups is 1. The zero-order chi connectivity index (χ0) is 25.5. The maximum Gasteiger partial charge on any atom is 0.227 e. The van der Waals surface area contributed by atoms with Gasteiger partial charge in [0.15, 0.2) is 0 Å². The van der Waals surface area contributed by atoms with Crippen LogP contribution in [0.5, 0.6) is 11.5 Å². The average Bonchev–Trinajstić information content (AvgIpc) is 2.87. The van der Waals surface area contributed by atoms with E-state index in [1.54, 1.807) is 6.20 Å². The number of hydrogen-bond donors (Lipinski definition) is 4. The van der Waals surface area contributed by atoms with Crippen molar-refractivity contribution in [2.75, 3.05) is 37.6 Å². The third-order valence-corrected chi connectivity index (χ3v) is 6.46. The molecule has 2 unspecified atom stereocenters. The maximum absolute atomic E-state index is 12.9. The molecule has 4 N–H and O–H groups in total. The van der Waals surface area contributed by atoms with Crippen molar-refractivity contribution in [1.82, 2.24) is 15.2 Å². The number of phenolic OH excluding ortho intramolecular Hbond substituents is 2. The quantitative estimate of drug-likeness (QED) is 0.365. The molecule has 1 saturated heterocycles. The number of aromatic hydroxyl groups is 2. The Bertz CT molecular complexity index is 1130.